The quantitative estimate of drug-likeness (QED) is 0.0476. The maximum atomic E-state index is 12.8. The van der Waals surface area contributed by atoms with Crippen molar-refractivity contribution in [1.29, 1.82) is 21.3 Å². The van der Waals surface area contributed by atoms with E-state index in [1.807, 2.05) is 63.2 Å². The monoisotopic (exact) mass is 856 g/mol. The zero-order chi connectivity index (χ0) is 45.9. The molecule has 15 heteroatoms. The van der Waals surface area contributed by atoms with Crippen LogP contribution in [0.2, 0.25) is 0 Å². The molecule has 0 bridgehead atoms. The number of aryl methyl sites for hydroxylation is 2. The van der Waals surface area contributed by atoms with Crippen LogP contribution in [0.3, 0.4) is 0 Å². The van der Waals surface area contributed by atoms with E-state index < -0.39 is 18.3 Å². The van der Waals surface area contributed by atoms with Gasteiger partial charge < -0.3 is 36.1 Å². The van der Waals surface area contributed by atoms with Crippen molar-refractivity contribution in [3.63, 3.8) is 0 Å². The van der Waals surface area contributed by atoms with Gasteiger partial charge in [-0.05, 0) is 111 Å². The molecule has 0 saturated heterocycles. The van der Waals surface area contributed by atoms with Gasteiger partial charge in [-0.2, -0.15) is 10.5 Å². The van der Waals surface area contributed by atoms with Gasteiger partial charge in [0.25, 0.3) is 0 Å². The average molecular weight is 857 g/mol. The standard InChI is InChI=1S/C25H20N4O3.C24H28N6O2/c1-16-24(31-15-20-5-3-4-19(10-20)12-27)23-17(2)32-25(30)29(14-21(23)13-28-16)22-8-6-18(11-26)7-9-22;1-14-22(32-13-16-4-3-5-18(10-16)24(27)28)21(15(2)31)19(11-29-14)12-30-20-8-6-17(7-9-20)23(25)26/h3-10,13,17H,14-15H2,1-2H3;3-11,15,30-31H,12-13H2,1-2H3,(H3,25,26)(H3,27,28). The number of nitrogen functional groups attached to an aromatic ring is 2. The normalized spacial score (nSPS) is 13.3. The molecule has 8 N–H and O–H groups in total. The number of nitrogens with two attached hydrogens (primary N) is 2. The molecule has 1 aliphatic rings. The molecule has 3 heterocycles. The first-order chi connectivity index (χ1) is 30.8. The Morgan fingerprint density at radius 2 is 1.47 bits per heavy atom. The fraction of sp³-hybridized carbons (Fsp3) is 0.204. The lowest BCUT2D eigenvalue weighted by molar-refractivity contribution is 0.114. The van der Waals surface area contributed by atoms with Gasteiger partial charge in [0, 0.05) is 58.1 Å². The van der Waals surface area contributed by atoms with Crippen LogP contribution < -0.4 is 31.2 Å². The molecule has 0 aliphatic carbocycles. The van der Waals surface area contributed by atoms with Gasteiger partial charge in [-0.25, -0.2) is 4.79 Å². The van der Waals surface area contributed by atoms with Crippen molar-refractivity contribution in [3.05, 3.63) is 176 Å². The summed E-state index contributed by atoms with van der Waals surface area (Å²) in [5.74, 6) is 1.14. The topological polar surface area (TPSA) is 253 Å². The van der Waals surface area contributed by atoms with E-state index in [1.54, 1.807) is 73.9 Å². The molecule has 4 aromatic carbocycles. The lowest BCUT2D eigenvalue weighted by atomic mass is 10.0. The second-order valence-electron chi connectivity index (χ2n) is 15.0. The summed E-state index contributed by atoms with van der Waals surface area (Å²) >= 11 is 0. The first-order valence-electron chi connectivity index (χ1n) is 20.3. The number of ether oxygens (including phenoxy) is 3. The minimum Gasteiger partial charge on any atom is -0.487 e. The molecular weight excluding hydrogens is 809 g/mol. The van der Waals surface area contributed by atoms with E-state index in [9.17, 15) is 9.90 Å². The first-order valence-corrected chi connectivity index (χ1v) is 20.3. The van der Waals surface area contributed by atoms with E-state index in [-0.39, 0.29) is 31.4 Å². The molecule has 7 rings (SSSR count). The summed E-state index contributed by atoms with van der Waals surface area (Å²) in [5, 5.41) is 47.0. The minimum atomic E-state index is -0.757. The summed E-state index contributed by atoms with van der Waals surface area (Å²) in [4.78, 5) is 23.3. The molecule has 324 valence electrons. The Labute approximate surface area is 371 Å². The lowest BCUT2D eigenvalue weighted by Gasteiger charge is -2.20. The van der Waals surface area contributed by atoms with Gasteiger partial charge in [0.2, 0.25) is 0 Å². The van der Waals surface area contributed by atoms with E-state index >= 15 is 0 Å². The first kappa shape index (κ1) is 45.3. The molecule has 0 fully saturated rings. The third-order valence-electron chi connectivity index (χ3n) is 10.4. The van der Waals surface area contributed by atoms with Crippen LogP contribution in [-0.4, -0.2) is 32.8 Å². The Bertz CT molecular complexity index is 2760. The zero-order valence-electron chi connectivity index (χ0n) is 35.8. The van der Waals surface area contributed by atoms with Crippen molar-refractivity contribution in [2.45, 2.75) is 66.2 Å². The fourth-order valence-corrected chi connectivity index (χ4v) is 7.08. The number of aliphatic hydroxyl groups excluding tert-OH is 1. The Kier molecular flexibility index (Phi) is 14.5. The van der Waals surface area contributed by atoms with Crippen LogP contribution in [0.15, 0.2) is 109 Å². The molecule has 0 spiro atoms. The van der Waals surface area contributed by atoms with Gasteiger partial charge in [0.1, 0.15) is 42.5 Å². The highest BCUT2D eigenvalue weighted by Gasteiger charge is 2.31. The van der Waals surface area contributed by atoms with Crippen LogP contribution in [0.1, 0.15) is 93.1 Å². The summed E-state index contributed by atoms with van der Waals surface area (Å²) in [6.45, 7) is 8.40. The number of hydrogen-bond donors (Lipinski definition) is 6. The summed E-state index contributed by atoms with van der Waals surface area (Å²) < 4.78 is 17.9. The van der Waals surface area contributed by atoms with E-state index in [0.29, 0.717) is 62.9 Å². The number of cyclic esters (lactones) is 1. The number of nitriles is 2. The van der Waals surface area contributed by atoms with Crippen molar-refractivity contribution >= 4 is 29.1 Å². The number of nitrogens with one attached hydrogen (secondary N) is 3. The number of pyridine rings is 2. The number of anilines is 2. The maximum Gasteiger partial charge on any atom is 0.415 e. The lowest BCUT2D eigenvalue weighted by Crippen LogP contribution is -2.29. The number of nitrogens with zero attached hydrogens (tertiary/aromatic N) is 5. The van der Waals surface area contributed by atoms with E-state index in [1.165, 1.54) is 4.90 Å². The smallest absolute Gasteiger partial charge is 0.415 e. The summed E-state index contributed by atoms with van der Waals surface area (Å²) in [5.41, 5.74) is 21.1. The van der Waals surface area contributed by atoms with Crippen molar-refractivity contribution in [1.82, 2.24) is 9.97 Å². The average Bonchev–Trinajstić information content (AvgIpc) is 3.42. The van der Waals surface area contributed by atoms with E-state index in [4.69, 9.17) is 47.0 Å². The van der Waals surface area contributed by atoms with Crippen LogP contribution >= 0.6 is 0 Å². The predicted octanol–water partition coefficient (Wildman–Crippen LogP) is 8.13. The van der Waals surface area contributed by atoms with Crippen molar-refractivity contribution in [2.75, 3.05) is 10.2 Å². The van der Waals surface area contributed by atoms with E-state index in [2.05, 4.69) is 27.4 Å². The molecule has 0 saturated carbocycles. The molecule has 1 amide bonds. The summed E-state index contributed by atoms with van der Waals surface area (Å²) in [7, 11) is 0. The van der Waals surface area contributed by atoms with Gasteiger partial charge in [0.15, 0.2) is 0 Å². The van der Waals surface area contributed by atoms with Gasteiger partial charge in [-0.15, -0.1) is 0 Å². The molecule has 2 unspecified atom stereocenters. The number of fused-ring (bicyclic) bond motifs is 1. The minimum absolute atomic E-state index is 0.00114. The molecular formula is C49H48N10O5. The van der Waals surface area contributed by atoms with Gasteiger partial charge in [0.05, 0.1) is 47.3 Å². The van der Waals surface area contributed by atoms with Crippen LogP contribution in [-0.2, 0) is 31.0 Å². The fourth-order valence-electron chi connectivity index (χ4n) is 7.08. The second kappa shape index (κ2) is 20.5. The van der Waals surface area contributed by atoms with Gasteiger partial charge in [-0.1, -0.05) is 30.3 Å². The number of hydrogen-bond acceptors (Lipinski definition) is 12. The Morgan fingerprint density at radius 1 is 0.859 bits per heavy atom. The van der Waals surface area contributed by atoms with Crippen LogP contribution in [0.4, 0.5) is 16.2 Å². The number of carbonyl (C=O) groups is 1. The van der Waals surface area contributed by atoms with Gasteiger partial charge in [-0.3, -0.25) is 25.7 Å². The highest BCUT2D eigenvalue weighted by Crippen LogP contribution is 2.38. The number of carbonyl (C=O) groups excluding carboxylic acids is 1. The molecule has 1 aliphatic heterocycles. The Balaban J connectivity index is 0.000000213. The highest BCUT2D eigenvalue weighted by molar-refractivity contribution is 5.95. The molecule has 2 aromatic heterocycles. The maximum absolute atomic E-state index is 12.8. The number of aliphatic hydroxyl groups is 1. The van der Waals surface area contributed by atoms with Crippen LogP contribution in [0, 0.1) is 47.3 Å². The van der Waals surface area contributed by atoms with Crippen LogP contribution in [0.25, 0.3) is 0 Å². The number of amidine groups is 2. The zero-order valence-corrected chi connectivity index (χ0v) is 35.8. The number of benzene rings is 4. The number of aromatic nitrogens is 2. The molecule has 6 aromatic rings. The van der Waals surface area contributed by atoms with Crippen LogP contribution in [0.5, 0.6) is 11.5 Å². The summed E-state index contributed by atoms with van der Waals surface area (Å²) in [6.07, 6.45) is 1.69. The molecule has 2 atom stereocenters. The van der Waals surface area contributed by atoms with Gasteiger partial charge >= 0.3 is 6.09 Å². The SMILES string of the molecule is Cc1ncc(CNc2ccc(C(=N)N)cc2)c(C(C)O)c1OCc1cccc(C(=N)N)c1.Cc1ncc2c(c1OCc1cccc(C#N)c1)C(C)OC(=O)N(c1ccc(C#N)cc1)C2. The summed E-state index contributed by atoms with van der Waals surface area (Å²) in [6, 6.07) is 32.7. The molecule has 15 nitrogen and oxygen atoms in total. The second-order valence-corrected chi connectivity index (χ2v) is 15.0. The van der Waals surface area contributed by atoms with Crippen molar-refractivity contribution in [3.8, 4) is 23.6 Å². The molecule has 0 radical (unpaired) electrons. The Morgan fingerprint density at radius 3 is 2.11 bits per heavy atom. The molecule has 64 heavy (non-hydrogen) atoms. The number of amides is 1. The van der Waals surface area contributed by atoms with Crippen molar-refractivity contribution in [2.24, 2.45) is 11.5 Å². The van der Waals surface area contributed by atoms with E-state index in [0.717, 1.165) is 33.5 Å². The third kappa shape index (κ3) is 11.0. The number of rotatable bonds is 13. The Hall–Kier alpha value is -8.27. The highest BCUT2D eigenvalue weighted by atomic mass is 16.6. The third-order valence-corrected chi connectivity index (χ3v) is 10.4. The van der Waals surface area contributed by atoms with Crippen molar-refractivity contribution < 1.29 is 24.1 Å². The largest absolute Gasteiger partial charge is 0.487 e. The predicted molar refractivity (Wildman–Crippen MR) is 243 cm³/mol.